The second kappa shape index (κ2) is 7.35. The maximum Gasteiger partial charge on any atom is 0.150 e. The monoisotopic (exact) mass is 255 g/mol. The molecule has 0 amide bonds. The SMILES string of the molecule is CCS(=O)(=O)CCCS(=O)CCC(C)N. The molecule has 0 rings (SSSR count). The van der Waals surface area contributed by atoms with Crippen molar-refractivity contribution < 1.29 is 12.6 Å². The molecule has 0 aliphatic rings. The average Bonchev–Trinajstić information content (AvgIpc) is 2.14. The molecule has 0 radical (unpaired) electrons. The number of hydrogen-bond donors (Lipinski definition) is 1. The third-order valence-electron chi connectivity index (χ3n) is 2.07. The summed E-state index contributed by atoms with van der Waals surface area (Å²) in [6, 6.07) is 0.0633. The van der Waals surface area contributed by atoms with E-state index in [2.05, 4.69) is 0 Å². The van der Waals surface area contributed by atoms with Gasteiger partial charge < -0.3 is 5.73 Å². The van der Waals surface area contributed by atoms with Gasteiger partial charge in [0.15, 0.2) is 0 Å². The molecular formula is C9H21NO3S2. The molecule has 2 N–H and O–H groups in total. The van der Waals surface area contributed by atoms with Crippen molar-refractivity contribution in [2.24, 2.45) is 5.73 Å². The van der Waals surface area contributed by atoms with Crippen LogP contribution in [0.1, 0.15) is 26.7 Å². The quantitative estimate of drug-likeness (QED) is 0.676. The van der Waals surface area contributed by atoms with Crippen LogP contribution in [0.5, 0.6) is 0 Å². The van der Waals surface area contributed by atoms with Crippen molar-refractivity contribution in [3.63, 3.8) is 0 Å². The highest BCUT2D eigenvalue weighted by Gasteiger charge is 2.08. The van der Waals surface area contributed by atoms with Crippen molar-refractivity contribution in [2.75, 3.05) is 23.0 Å². The lowest BCUT2D eigenvalue weighted by Crippen LogP contribution is -2.19. The molecule has 0 saturated heterocycles. The molecule has 0 bridgehead atoms. The van der Waals surface area contributed by atoms with E-state index in [4.69, 9.17) is 5.73 Å². The van der Waals surface area contributed by atoms with Crippen LogP contribution in [0.3, 0.4) is 0 Å². The number of hydrogen-bond acceptors (Lipinski definition) is 4. The molecule has 0 spiro atoms. The summed E-state index contributed by atoms with van der Waals surface area (Å²) in [6.45, 7) is 3.50. The first-order valence-electron chi connectivity index (χ1n) is 5.18. The maximum atomic E-state index is 11.4. The number of nitrogens with two attached hydrogens (primary N) is 1. The summed E-state index contributed by atoms with van der Waals surface area (Å²) < 4.78 is 33.6. The Kier molecular flexibility index (Phi) is 7.38. The lowest BCUT2D eigenvalue weighted by molar-refractivity contribution is 0.596. The normalized spacial score (nSPS) is 16.2. The van der Waals surface area contributed by atoms with E-state index < -0.39 is 20.6 Å². The molecule has 0 aromatic carbocycles. The molecule has 0 fully saturated rings. The molecule has 0 saturated carbocycles. The standard InChI is InChI=1S/C9H21NO3S2/c1-3-15(12,13)8-4-6-14(11)7-5-9(2)10/h9H,3-8,10H2,1-2H3. The van der Waals surface area contributed by atoms with Gasteiger partial charge in [-0.1, -0.05) is 6.92 Å². The number of rotatable bonds is 8. The molecule has 15 heavy (non-hydrogen) atoms. The van der Waals surface area contributed by atoms with Gasteiger partial charge in [0, 0.05) is 34.1 Å². The summed E-state index contributed by atoms with van der Waals surface area (Å²) in [5.74, 6) is 1.35. The lowest BCUT2D eigenvalue weighted by Gasteiger charge is -2.05. The Labute approximate surface area is 95.0 Å². The molecule has 4 nitrogen and oxygen atoms in total. The van der Waals surface area contributed by atoms with Crippen LogP contribution in [-0.2, 0) is 20.6 Å². The minimum atomic E-state index is -2.91. The second-order valence-electron chi connectivity index (χ2n) is 3.70. The molecule has 0 aliphatic carbocycles. The predicted molar refractivity (Wildman–Crippen MR) is 65.1 cm³/mol. The molecule has 0 heterocycles. The minimum Gasteiger partial charge on any atom is -0.328 e. The van der Waals surface area contributed by atoms with Gasteiger partial charge in [-0.15, -0.1) is 0 Å². The molecule has 2 atom stereocenters. The van der Waals surface area contributed by atoms with Crippen molar-refractivity contribution in [1.82, 2.24) is 0 Å². The maximum absolute atomic E-state index is 11.4. The molecule has 0 aromatic heterocycles. The Hall–Kier alpha value is 0.0600. The Balaban J connectivity index is 3.65. The van der Waals surface area contributed by atoms with Crippen LogP contribution in [0.4, 0.5) is 0 Å². The van der Waals surface area contributed by atoms with Crippen LogP contribution in [0, 0.1) is 0 Å². The van der Waals surface area contributed by atoms with Crippen molar-refractivity contribution in [3.05, 3.63) is 0 Å². The Morgan fingerprint density at radius 1 is 1.33 bits per heavy atom. The average molecular weight is 255 g/mol. The Morgan fingerprint density at radius 2 is 1.93 bits per heavy atom. The molecule has 0 aliphatic heterocycles. The highest BCUT2D eigenvalue weighted by Crippen LogP contribution is 1.98. The lowest BCUT2D eigenvalue weighted by atomic mass is 10.3. The van der Waals surface area contributed by atoms with Gasteiger partial charge in [-0.25, -0.2) is 8.42 Å². The van der Waals surface area contributed by atoms with Gasteiger partial charge in [-0.3, -0.25) is 4.21 Å². The van der Waals surface area contributed by atoms with Crippen molar-refractivity contribution in [2.45, 2.75) is 32.7 Å². The second-order valence-corrected chi connectivity index (χ2v) is 7.87. The fourth-order valence-electron chi connectivity index (χ4n) is 1.00. The first kappa shape index (κ1) is 15.1. The third kappa shape index (κ3) is 9.02. The van der Waals surface area contributed by atoms with E-state index in [9.17, 15) is 12.6 Å². The van der Waals surface area contributed by atoms with Crippen molar-refractivity contribution in [1.29, 1.82) is 0 Å². The summed E-state index contributed by atoms with van der Waals surface area (Å²) in [6.07, 6.45) is 1.22. The molecular weight excluding hydrogens is 234 g/mol. The zero-order valence-corrected chi connectivity index (χ0v) is 11.1. The van der Waals surface area contributed by atoms with Gasteiger partial charge in [0.05, 0.1) is 5.75 Å². The van der Waals surface area contributed by atoms with Gasteiger partial charge in [0.25, 0.3) is 0 Å². The summed E-state index contributed by atoms with van der Waals surface area (Å²) in [7, 11) is -3.83. The van der Waals surface area contributed by atoms with Crippen LogP contribution in [0.2, 0.25) is 0 Å². The predicted octanol–water partition coefficient (Wildman–Crippen LogP) is 0.297. The molecule has 0 aromatic rings. The van der Waals surface area contributed by atoms with Gasteiger partial charge in [0.1, 0.15) is 9.84 Å². The minimum absolute atomic E-state index is 0.0633. The molecule has 92 valence electrons. The van der Waals surface area contributed by atoms with Gasteiger partial charge in [0.2, 0.25) is 0 Å². The van der Waals surface area contributed by atoms with E-state index in [1.54, 1.807) is 6.92 Å². The van der Waals surface area contributed by atoms with Crippen molar-refractivity contribution >= 4 is 20.6 Å². The van der Waals surface area contributed by atoms with Gasteiger partial charge in [-0.2, -0.15) is 0 Å². The summed E-state index contributed by atoms with van der Waals surface area (Å²) in [4.78, 5) is 0. The van der Waals surface area contributed by atoms with E-state index in [-0.39, 0.29) is 17.5 Å². The van der Waals surface area contributed by atoms with E-state index in [0.717, 1.165) is 6.42 Å². The van der Waals surface area contributed by atoms with E-state index >= 15 is 0 Å². The van der Waals surface area contributed by atoms with Crippen LogP contribution in [0.25, 0.3) is 0 Å². The first-order chi connectivity index (χ1) is 6.87. The van der Waals surface area contributed by atoms with Crippen LogP contribution >= 0.6 is 0 Å². The van der Waals surface area contributed by atoms with Gasteiger partial charge >= 0.3 is 0 Å². The van der Waals surface area contributed by atoms with Crippen molar-refractivity contribution in [3.8, 4) is 0 Å². The highest BCUT2D eigenvalue weighted by atomic mass is 32.2. The summed E-state index contributed by atoms with van der Waals surface area (Å²) in [5.41, 5.74) is 5.53. The zero-order valence-electron chi connectivity index (χ0n) is 9.44. The first-order valence-corrected chi connectivity index (χ1v) is 8.49. The fourth-order valence-corrected chi connectivity index (χ4v) is 3.36. The zero-order chi connectivity index (χ0) is 11.9. The Morgan fingerprint density at radius 3 is 2.40 bits per heavy atom. The van der Waals surface area contributed by atoms with Crippen LogP contribution < -0.4 is 5.73 Å². The van der Waals surface area contributed by atoms with E-state index in [1.807, 2.05) is 6.92 Å². The smallest absolute Gasteiger partial charge is 0.150 e. The fraction of sp³-hybridized carbons (Fsp3) is 1.00. The highest BCUT2D eigenvalue weighted by molar-refractivity contribution is 7.91. The third-order valence-corrected chi connectivity index (χ3v) is 5.29. The van der Waals surface area contributed by atoms with Crippen LogP contribution in [-0.4, -0.2) is 41.7 Å². The van der Waals surface area contributed by atoms with Crippen LogP contribution in [0.15, 0.2) is 0 Å². The molecule has 2 unspecified atom stereocenters. The largest absolute Gasteiger partial charge is 0.328 e. The summed E-state index contributed by atoms with van der Waals surface area (Å²) in [5, 5.41) is 0. The van der Waals surface area contributed by atoms with Gasteiger partial charge in [-0.05, 0) is 19.8 Å². The number of sulfone groups is 1. The topological polar surface area (TPSA) is 77.2 Å². The molecule has 6 heteroatoms. The Bertz CT molecular complexity index is 286. The summed E-state index contributed by atoms with van der Waals surface area (Å²) >= 11 is 0. The van der Waals surface area contributed by atoms with E-state index in [0.29, 0.717) is 17.9 Å². The van der Waals surface area contributed by atoms with E-state index in [1.165, 1.54) is 0 Å².